The molecule has 0 aromatic heterocycles. The molecule has 3 fully saturated rings. The van der Waals surface area contributed by atoms with Crippen molar-refractivity contribution in [2.75, 3.05) is 65.3 Å². The van der Waals surface area contributed by atoms with Gasteiger partial charge in [0, 0.05) is 24.4 Å². The molecular formula is C22H38ClNaO9. The van der Waals surface area contributed by atoms with E-state index >= 15 is 0 Å². The van der Waals surface area contributed by atoms with Crippen molar-refractivity contribution in [1.29, 1.82) is 0 Å². The van der Waals surface area contributed by atoms with E-state index in [0.29, 0.717) is 36.3 Å². The molecule has 0 radical (unpaired) electrons. The molecular weight excluding hydrogens is 467 g/mol. The monoisotopic (exact) mass is 504 g/mol. The number of hydrogen-bond donors (Lipinski definition) is 1. The summed E-state index contributed by atoms with van der Waals surface area (Å²) in [4.78, 5) is 21.3. The molecule has 0 spiro atoms. The third-order valence-electron chi connectivity index (χ3n) is 3.59. The van der Waals surface area contributed by atoms with Crippen LogP contribution in [0, 0.1) is 0 Å². The van der Waals surface area contributed by atoms with Crippen molar-refractivity contribution in [1.82, 2.24) is 0 Å². The maximum Gasteiger partial charge on any atom is 1.00 e. The first-order chi connectivity index (χ1) is 15.3. The first-order valence-electron chi connectivity index (χ1n) is 10.5. The third kappa shape index (κ3) is 26.0. The van der Waals surface area contributed by atoms with Crippen LogP contribution < -0.4 is 29.6 Å². The van der Waals surface area contributed by atoms with Crippen LogP contribution in [0.3, 0.4) is 0 Å². The fourth-order valence-corrected chi connectivity index (χ4v) is 1.80. The van der Waals surface area contributed by atoms with Crippen LogP contribution in [-0.2, 0) is 38.0 Å². The number of epoxide rings is 2. The van der Waals surface area contributed by atoms with Crippen molar-refractivity contribution in [3.05, 3.63) is 24.3 Å². The molecule has 0 amide bonds. The Morgan fingerprint density at radius 2 is 1.45 bits per heavy atom. The molecule has 9 nitrogen and oxygen atoms in total. The fraction of sp³-hybridized carbons (Fsp3) is 0.727. The zero-order valence-corrected chi connectivity index (χ0v) is 22.9. The van der Waals surface area contributed by atoms with Crippen LogP contribution in [0.4, 0.5) is 0 Å². The predicted octanol–water partition coefficient (Wildman–Crippen LogP) is -0.844. The minimum atomic E-state index is -0.455. The molecule has 3 rings (SSSR count). The summed E-state index contributed by atoms with van der Waals surface area (Å²) in [6.07, 6.45) is 3.22. The average Bonchev–Trinajstić information content (AvgIpc) is 3.72. The number of aliphatic hydroxyl groups is 1. The van der Waals surface area contributed by atoms with E-state index in [1.54, 1.807) is 13.8 Å². The van der Waals surface area contributed by atoms with Gasteiger partial charge in [0.15, 0.2) is 0 Å². The van der Waals surface area contributed by atoms with Crippen LogP contribution in [0.2, 0.25) is 0 Å². The Balaban J connectivity index is -0.000000398. The maximum atomic E-state index is 10.9. The van der Waals surface area contributed by atoms with Crippen LogP contribution >= 0.6 is 11.6 Å². The molecule has 1 N–H and O–H groups in total. The molecule has 2 unspecified atom stereocenters. The Morgan fingerprint density at radius 3 is 1.76 bits per heavy atom. The molecule has 0 aromatic carbocycles. The van der Waals surface area contributed by atoms with Gasteiger partial charge in [-0.15, -0.1) is 11.6 Å². The van der Waals surface area contributed by atoms with Gasteiger partial charge in [-0.3, -0.25) is 0 Å². The SMILES string of the molecule is C1CCOC1.C=C(C)C(=O)OCCO.C=C(C)C(=O)OCCOCC1CO1.ClCC1CO1.[H-].[Na+]. The molecule has 3 aliphatic rings. The van der Waals surface area contributed by atoms with E-state index < -0.39 is 5.97 Å². The topological polar surface area (TPSA) is 116 Å². The molecule has 3 saturated heterocycles. The zero-order valence-electron chi connectivity index (χ0n) is 21.1. The molecule has 188 valence electrons. The molecule has 11 heteroatoms. The number of ether oxygens (including phenoxy) is 6. The number of halogens is 1. The first-order valence-corrected chi connectivity index (χ1v) is 11.1. The van der Waals surface area contributed by atoms with Gasteiger partial charge in [0.2, 0.25) is 0 Å². The second kappa shape index (κ2) is 23.3. The summed E-state index contributed by atoms with van der Waals surface area (Å²) in [6.45, 7) is 14.8. The molecule has 3 heterocycles. The minimum absolute atomic E-state index is 0. The molecule has 0 saturated carbocycles. The summed E-state index contributed by atoms with van der Waals surface area (Å²) in [5, 5.41) is 8.19. The fourth-order valence-electron chi connectivity index (χ4n) is 1.62. The van der Waals surface area contributed by atoms with Crippen LogP contribution in [0.5, 0.6) is 0 Å². The van der Waals surface area contributed by atoms with Gasteiger partial charge < -0.3 is 35.0 Å². The van der Waals surface area contributed by atoms with Gasteiger partial charge in [-0.1, -0.05) is 13.2 Å². The van der Waals surface area contributed by atoms with E-state index in [1.165, 1.54) is 12.8 Å². The molecule has 3 aliphatic heterocycles. The maximum absolute atomic E-state index is 10.9. The summed E-state index contributed by atoms with van der Waals surface area (Å²) < 4.78 is 29.0. The average molecular weight is 505 g/mol. The number of hydrogen-bond acceptors (Lipinski definition) is 9. The number of carbonyl (C=O) groups is 2. The Hall–Kier alpha value is -0.490. The van der Waals surface area contributed by atoms with Gasteiger partial charge in [-0.25, -0.2) is 9.59 Å². The molecule has 33 heavy (non-hydrogen) atoms. The van der Waals surface area contributed by atoms with Crippen LogP contribution in [-0.4, -0.2) is 94.6 Å². The summed E-state index contributed by atoms with van der Waals surface area (Å²) in [7, 11) is 0. The first kappa shape index (κ1) is 34.7. The number of aliphatic hydroxyl groups excluding tert-OH is 1. The van der Waals surface area contributed by atoms with Crippen LogP contribution in [0.15, 0.2) is 24.3 Å². The van der Waals surface area contributed by atoms with E-state index in [-0.39, 0.29) is 62.9 Å². The van der Waals surface area contributed by atoms with Gasteiger partial charge in [-0.2, -0.15) is 0 Å². The Labute approximate surface area is 225 Å². The molecule has 2 atom stereocenters. The summed E-state index contributed by atoms with van der Waals surface area (Å²) in [5.74, 6) is -0.157. The van der Waals surface area contributed by atoms with E-state index in [2.05, 4.69) is 17.9 Å². The van der Waals surface area contributed by atoms with Crippen molar-refractivity contribution in [2.45, 2.75) is 38.9 Å². The smallest absolute Gasteiger partial charge is 1.00 e. The van der Waals surface area contributed by atoms with Crippen molar-refractivity contribution < 1.29 is 74.1 Å². The van der Waals surface area contributed by atoms with E-state index in [1.807, 2.05) is 0 Å². The minimum Gasteiger partial charge on any atom is -1.00 e. The Bertz CT molecular complexity index is 547. The second-order valence-electron chi connectivity index (χ2n) is 7.02. The standard InChI is InChI=1S/C9H14O4.C6H10O3.C4H8O.C3H5ClO.Na.H/c1-7(2)9(10)12-4-3-11-5-8-6-13-8;1-5(2)6(8)9-4-3-7;1-2-4-5-3-1;4-1-3-2-5-3;;/h8H,1,3-6H2,2H3;7H,1,3-4H2,2H3;1-4H2;3H,1-2H2;;/q;;;;+1;-1. The van der Waals surface area contributed by atoms with Crippen molar-refractivity contribution >= 4 is 23.5 Å². The van der Waals surface area contributed by atoms with Crippen molar-refractivity contribution in [2.24, 2.45) is 0 Å². The van der Waals surface area contributed by atoms with Crippen molar-refractivity contribution in [3.63, 3.8) is 0 Å². The van der Waals surface area contributed by atoms with Gasteiger partial charge in [-0.05, 0) is 26.7 Å². The second-order valence-corrected chi connectivity index (χ2v) is 7.32. The summed E-state index contributed by atoms with van der Waals surface area (Å²) in [5.41, 5.74) is 0.758. The van der Waals surface area contributed by atoms with Crippen LogP contribution in [0.25, 0.3) is 0 Å². The van der Waals surface area contributed by atoms with Gasteiger partial charge >= 0.3 is 41.5 Å². The van der Waals surface area contributed by atoms with Crippen molar-refractivity contribution in [3.8, 4) is 0 Å². The Morgan fingerprint density at radius 1 is 0.970 bits per heavy atom. The van der Waals surface area contributed by atoms with Crippen LogP contribution in [0.1, 0.15) is 28.1 Å². The number of carbonyl (C=O) groups excluding carboxylic acids is 2. The molecule has 0 aliphatic carbocycles. The summed E-state index contributed by atoms with van der Waals surface area (Å²) >= 11 is 5.27. The largest absolute Gasteiger partial charge is 1.00 e. The Kier molecular flexibility index (Phi) is 24.4. The van der Waals surface area contributed by atoms with E-state index in [9.17, 15) is 9.59 Å². The van der Waals surface area contributed by atoms with Gasteiger partial charge in [0.05, 0.1) is 45.0 Å². The van der Waals surface area contributed by atoms with Gasteiger partial charge in [0.25, 0.3) is 0 Å². The number of alkyl halides is 1. The quantitative estimate of drug-likeness (QED) is 0.101. The predicted molar refractivity (Wildman–Crippen MR) is 121 cm³/mol. The van der Waals surface area contributed by atoms with Gasteiger partial charge in [0.1, 0.15) is 19.3 Å². The zero-order chi connectivity index (χ0) is 24.2. The number of esters is 2. The van der Waals surface area contributed by atoms with E-state index in [0.717, 1.165) is 26.4 Å². The normalized spacial score (nSPS) is 18.9. The molecule has 0 bridgehead atoms. The number of rotatable bonds is 10. The molecule has 0 aromatic rings. The third-order valence-corrected chi connectivity index (χ3v) is 3.93. The van der Waals surface area contributed by atoms with E-state index in [4.69, 9.17) is 40.4 Å². The summed E-state index contributed by atoms with van der Waals surface area (Å²) in [6, 6.07) is 0.